The van der Waals surface area contributed by atoms with Crippen molar-refractivity contribution in [2.45, 2.75) is 33.1 Å². The fourth-order valence-corrected chi connectivity index (χ4v) is 2.26. The molecule has 24 heavy (non-hydrogen) atoms. The van der Waals surface area contributed by atoms with Crippen LogP contribution in [0.3, 0.4) is 0 Å². The van der Waals surface area contributed by atoms with Crippen molar-refractivity contribution >= 4 is 17.4 Å². The summed E-state index contributed by atoms with van der Waals surface area (Å²) in [7, 11) is 0. The summed E-state index contributed by atoms with van der Waals surface area (Å²) in [5.41, 5.74) is 8.04. The number of ether oxygens (including phenoxy) is 1. The number of amides is 2. The number of benzene rings is 2. The van der Waals surface area contributed by atoms with Gasteiger partial charge in [-0.2, -0.15) is 0 Å². The molecule has 0 aromatic heterocycles. The molecule has 0 atom stereocenters. The van der Waals surface area contributed by atoms with Crippen molar-refractivity contribution in [2.75, 3.05) is 17.6 Å². The minimum Gasteiger partial charge on any atom is -0.457 e. The van der Waals surface area contributed by atoms with E-state index < -0.39 is 0 Å². The second-order valence-electron chi connectivity index (χ2n) is 5.74. The molecule has 0 unspecified atom stereocenters. The number of nitrogens with one attached hydrogen (secondary N) is 2. The van der Waals surface area contributed by atoms with E-state index in [4.69, 9.17) is 10.5 Å². The van der Waals surface area contributed by atoms with E-state index in [0.717, 1.165) is 42.0 Å². The highest BCUT2D eigenvalue weighted by atomic mass is 16.5. The fourth-order valence-electron chi connectivity index (χ4n) is 2.26. The van der Waals surface area contributed by atoms with Crippen LogP contribution in [0, 0.1) is 6.92 Å². The van der Waals surface area contributed by atoms with E-state index in [1.807, 2.05) is 37.3 Å². The first-order valence-electron chi connectivity index (χ1n) is 8.27. The van der Waals surface area contributed by atoms with Crippen LogP contribution in [-0.2, 0) is 0 Å². The molecule has 5 nitrogen and oxygen atoms in total. The van der Waals surface area contributed by atoms with Gasteiger partial charge in [0, 0.05) is 17.9 Å². The number of anilines is 2. The molecule has 0 bridgehead atoms. The molecule has 0 fully saturated rings. The van der Waals surface area contributed by atoms with Gasteiger partial charge in [-0.3, -0.25) is 0 Å². The Labute approximate surface area is 143 Å². The Morgan fingerprint density at radius 1 is 1.12 bits per heavy atom. The number of rotatable bonds is 7. The topological polar surface area (TPSA) is 76.4 Å². The van der Waals surface area contributed by atoms with Crippen LogP contribution in [0.4, 0.5) is 16.2 Å². The third-order valence-corrected chi connectivity index (χ3v) is 3.61. The predicted molar refractivity (Wildman–Crippen MR) is 98.7 cm³/mol. The number of unbranched alkanes of at least 4 members (excludes halogenated alkanes) is 2. The lowest BCUT2D eigenvalue weighted by Gasteiger charge is -2.12. The van der Waals surface area contributed by atoms with Gasteiger partial charge in [0.2, 0.25) is 0 Å². The highest BCUT2D eigenvalue weighted by molar-refractivity contribution is 5.89. The summed E-state index contributed by atoms with van der Waals surface area (Å²) in [6.07, 6.45) is 3.26. The normalized spacial score (nSPS) is 10.2. The Morgan fingerprint density at radius 3 is 2.54 bits per heavy atom. The predicted octanol–water partition coefficient (Wildman–Crippen LogP) is 4.68. The van der Waals surface area contributed by atoms with Crippen LogP contribution in [0.15, 0.2) is 42.5 Å². The fraction of sp³-hybridized carbons (Fsp3) is 0.316. The van der Waals surface area contributed by atoms with Crippen LogP contribution in [0.2, 0.25) is 0 Å². The lowest BCUT2D eigenvalue weighted by molar-refractivity contribution is 0.252. The maximum atomic E-state index is 11.8. The van der Waals surface area contributed by atoms with Crippen LogP contribution in [0.5, 0.6) is 11.5 Å². The van der Waals surface area contributed by atoms with Crippen LogP contribution in [-0.4, -0.2) is 12.6 Å². The Bertz CT molecular complexity index is 669. The van der Waals surface area contributed by atoms with Crippen molar-refractivity contribution in [1.29, 1.82) is 0 Å². The van der Waals surface area contributed by atoms with Gasteiger partial charge in [0.05, 0.1) is 0 Å². The lowest BCUT2D eigenvalue weighted by Crippen LogP contribution is -2.29. The Balaban J connectivity index is 1.91. The molecule has 0 heterocycles. The van der Waals surface area contributed by atoms with Gasteiger partial charge >= 0.3 is 6.03 Å². The van der Waals surface area contributed by atoms with Crippen molar-refractivity contribution in [3.63, 3.8) is 0 Å². The summed E-state index contributed by atoms with van der Waals surface area (Å²) >= 11 is 0. The maximum Gasteiger partial charge on any atom is 0.319 e. The number of nitrogen functional groups attached to an aromatic ring is 1. The lowest BCUT2D eigenvalue weighted by atomic mass is 10.2. The summed E-state index contributed by atoms with van der Waals surface area (Å²) in [5, 5.41) is 5.69. The number of hydrogen-bond donors (Lipinski definition) is 3. The van der Waals surface area contributed by atoms with Gasteiger partial charge in [-0.1, -0.05) is 19.8 Å². The van der Waals surface area contributed by atoms with Crippen molar-refractivity contribution in [3.05, 3.63) is 48.0 Å². The van der Waals surface area contributed by atoms with E-state index in [-0.39, 0.29) is 6.03 Å². The molecule has 0 aliphatic rings. The Kier molecular flexibility index (Phi) is 6.49. The highest BCUT2D eigenvalue weighted by Crippen LogP contribution is 2.27. The van der Waals surface area contributed by atoms with E-state index in [1.54, 1.807) is 12.1 Å². The maximum absolute atomic E-state index is 11.8. The van der Waals surface area contributed by atoms with Crippen LogP contribution in [0.1, 0.15) is 31.7 Å². The molecule has 2 amide bonds. The second kappa shape index (κ2) is 8.82. The van der Waals surface area contributed by atoms with Crippen LogP contribution in [0.25, 0.3) is 0 Å². The SMILES string of the molecule is CCCCCNC(=O)Nc1ccc(Oc2ccc(N)cc2)c(C)c1. The molecule has 2 rings (SSSR count). The number of carbonyl (C=O) groups is 1. The summed E-state index contributed by atoms with van der Waals surface area (Å²) in [6, 6.07) is 12.6. The zero-order chi connectivity index (χ0) is 17.4. The molecule has 0 saturated heterocycles. The van der Waals surface area contributed by atoms with Crippen molar-refractivity contribution in [1.82, 2.24) is 5.32 Å². The van der Waals surface area contributed by atoms with Gasteiger partial charge in [0.15, 0.2) is 0 Å². The number of hydrogen-bond acceptors (Lipinski definition) is 3. The molecule has 5 heteroatoms. The van der Waals surface area contributed by atoms with Gasteiger partial charge in [-0.05, 0) is 61.4 Å². The first kappa shape index (κ1) is 17.7. The van der Waals surface area contributed by atoms with Crippen LogP contribution >= 0.6 is 0 Å². The Morgan fingerprint density at radius 2 is 1.88 bits per heavy atom. The second-order valence-corrected chi connectivity index (χ2v) is 5.74. The molecule has 0 spiro atoms. The molecule has 128 valence electrons. The van der Waals surface area contributed by atoms with E-state index in [9.17, 15) is 4.79 Å². The Hall–Kier alpha value is -2.69. The third kappa shape index (κ3) is 5.50. The summed E-state index contributed by atoms with van der Waals surface area (Å²) < 4.78 is 5.83. The van der Waals surface area contributed by atoms with Crippen molar-refractivity contribution in [2.24, 2.45) is 0 Å². The van der Waals surface area contributed by atoms with Gasteiger partial charge < -0.3 is 21.1 Å². The monoisotopic (exact) mass is 327 g/mol. The largest absolute Gasteiger partial charge is 0.457 e. The highest BCUT2D eigenvalue weighted by Gasteiger charge is 2.06. The molecule has 0 aliphatic carbocycles. The molecule has 0 saturated carbocycles. The third-order valence-electron chi connectivity index (χ3n) is 3.61. The minimum atomic E-state index is -0.183. The van der Waals surface area contributed by atoms with Crippen molar-refractivity contribution < 1.29 is 9.53 Å². The number of urea groups is 1. The van der Waals surface area contributed by atoms with Crippen LogP contribution < -0.4 is 21.1 Å². The van der Waals surface area contributed by atoms with Gasteiger partial charge in [-0.25, -0.2) is 4.79 Å². The summed E-state index contributed by atoms with van der Waals surface area (Å²) in [5.74, 6) is 1.47. The number of carbonyl (C=O) groups excluding carboxylic acids is 1. The zero-order valence-corrected chi connectivity index (χ0v) is 14.3. The average molecular weight is 327 g/mol. The van der Waals surface area contributed by atoms with E-state index in [0.29, 0.717) is 12.2 Å². The van der Waals surface area contributed by atoms with Gasteiger partial charge in [0.25, 0.3) is 0 Å². The van der Waals surface area contributed by atoms with Gasteiger partial charge in [-0.15, -0.1) is 0 Å². The molecular formula is C19H25N3O2. The average Bonchev–Trinajstić information content (AvgIpc) is 2.56. The van der Waals surface area contributed by atoms with Gasteiger partial charge in [0.1, 0.15) is 11.5 Å². The molecule has 0 aliphatic heterocycles. The molecular weight excluding hydrogens is 302 g/mol. The number of nitrogens with two attached hydrogens (primary N) is 1. The molecule has 4 N–H and O–H groups in total. The van der Waals surface area contributed by atoms with E-state index >= 15 is 0 Å². The first-order chi connectivity index (χ1) is 11.6. The summed E-state index contributed by atoms with van der Waals surface area (Å²) in [6.45, 7) is 4.77. The van der Waals surface area contributed by atoms with E-state index in [2.05, 4.69) is 17.6 Å². The molecule has 2 aromatic carbocycles. The van der Waals surface area contributed by atoms with Crippen molar-refractivity contribution in [3.8, 4) is 11.5 Å². The smallest absolute Gasteiger partial charge is 0.319 e. The quantitative estimate of drug-likeness (QED) is 0.510. The minimum absolute atomic E-state index is 0.183. The molecule has 0 radical (unpaired) electrons. The van der Waals surface area contributed by atoms with E-state index in [1.165, 1.54) is 0 Å². The first-order valence-corrected chi connectivity index (χ1v) is 8.27. The molecule has 2 aromatic rings. The summed E-state index contributed by atoms with van der Waals surface area (Å²) in [4.78, 5) is 11.8. The standard InChI is InChI=1S/C19H25N3O2/c1-3-4-5-12-21-19(23)22-16-8-11-18(14(2)13-16)24-17-9-6-15(20)7-10-17/h6-11,13H,3-5,12,20H2,1-2H3,(H2,21,22,23). The zero-order valence-electron chi connectivity index (χ0n) is 14.3. The number of aryl methyl sites for hydroxylation is 1.